The molecule has 6 heteroatoms. The van der Waals surface area contributed by atoms with Crippen LogP contribution in [0.3, 0.4) is 0 Å². The first kappa shape index (κ1) is 19.6. The van der Waals surface area contributed by atoms with Gasteiger partial charge in [-0.1, -0.05) is 46.3 Å². The second-order valence-electron chi connectivity index (χ2n) is 7.22. The second kappa shape index (κ2) is 7.61. The quantitative estimate of drug-likeness (QED) is 0.561. The number of furan rings is 1. The number of amides is 1. The Balaban J connectivity index is 1.65. The number of nitrogens with zero attached hydrogens (tertiary/aromatic N) is 1. The standard InChI is InChI=1S/C23H20BrNO4/c1-15-7-10-21(29-15)20(26)14-23(28)18-13-17(24)8-9-19(18)25(22(23)27)12-11-16-5-3-2-4-6-16/h2-10,13,28H,11-12,14H2,1H3/t23-/m1/s1. The summed E-state index contributed by atoms with van der Waals surface area (Å²) < 4.78 is 6.12. The highest BCUT2D eigenvalue weighted by Crippen LogP contribution is 2.44. The van der Waals surface area contributed by atoms with Crippen molar-refractivity contribution in [3.63, 3.8) is 0 Å². The van der Waals surface area contributed by atoms with E-state index in [1.165, 1.54) is 0 Å². The first-order chi connectivity index (χ1) is 13.9. The number of carbonyl (C=O) groups is 2. The van der Waals surface area contributed by atoms with Crippen molar-refractivity contribution in [2.45, 2.75) is 25.4 Å². The van der Waals surface area contributed by atoms with Gasteiger partial charge in [-0.05, 0) is 49.2 Å². The number of fused-ring (bicyclic) bond motifs is 1. The second-order valence-corrected chi connectivity index (χ2v) is 8.14. The van der Waals surface area contributed by atoms with E-state index in [2.05, 4.69) is 15.9 Å². The summed E-state index contributed by atoms with van der Waals surface area (Å²) >= 11 is 3.40. The zero-order chi connectivity index (χ0) is 20.6. The van der Waals surface area contributed by atoms with Crippen molar-refractivity contribution in [1.82, 2.24) is 0 Å². The van der Waals surface area contributed by atoms with E-state index >= 15 is 0 Å². The van der Waals surface area contributed by atoms with Gasteiger partial charge in [0.1, 0.15) is 5.76 Å². The van der Waals surface area contributed by atoms with Crippen LogP contribution in [0.5, 0.6) is 0 Å². The third kappa shape index (κ3) is 3.66. The lowest BCUT2D eigenvalue weighted by Crippen LogP contribution is -2.42. The predicted molar refractivity (Wildman–Crippen MR) is 113 cm³/mol. The molecule has 0 radical (unpaired) electrons. The lowest BCUT2D eigenvalue weighted by atomic mass is 9.89. The molecule has 0 spiro atoms. The number of benzene rings is 2. The highest BCUT2D eigenvalue weighted by Gasteiger charge is 2.51. The number of hydrogen-bond acceptors (Lipinski definition) is 4. The minimum Gasteiger partial charge on any atom is -0.458 e. The Labute approximate surface area is 177 Å². The average molecular weight is 454 g/mol. The Bertz CT molecular complexity index is 1080. The van der Waals surface area contributed by atoms with Gasteiger partial charge >= 0.3 is 0 Å². The van der Waals surface area contributed by atoms with Crippen LogP contribution in [0.1, 0.15) is 33.9 Å². The summed E-state index contributed by atoms with van der Waals surface area (Å²) in [5, 5.41) is 11.4. The molecule has 1 atom stereocenters. The lowest BCUT2D eigenvalue weighted by Gasteiger charge is -2.22. The summed E-state index contributed by atoms with van der Waals surface area (Å²) in [6.07, 6.45) is 0.271. The van der Waals surface area contributed by atoms with Gasteiger partial charge in [-0.2, -0.15) is 0 Å². The van der Waals surface area contributed by atoms with E-state index < -0.39 is 17.3 Å². The zero-order valence-electron chi connectivity index (χ0n) is 15.9. The van der Waals surface area contributed by atoms with Crippen LogP contribution in [0.4, 0.5) is 5.69 Å². The largest absolute Gasteiger partial charge is 0.458 e. The molecule has 3 aromatic rings. The minimum atomic E-state index is -1.92. The van der Waals surface area contributed by atoms with Gasteiger partial charge in [0.15, 0.2) is 11.4 Å². The lowest BCUT2D eigenvalue weighted by molar-refractivity contribution is -0.135. The molecule has 0 saturated carbocycles. The number of anilines is 1. The topological polar surface area (TPSA) is 70.8 Å². The van der Waals surface area contributed by atoms with Crippen molar-refractivity contribution in [3.05, 3.63) is 87.8 Å². The van der Waals surface area contributed by atoms with Crippen molar-refractivity contribution in [1.29, 1.82) is 0 Å². The van der Waals surface area contributed by atoms with E-state index in [0.29, 0.717) is 30.0 Å². The Kier molecular flexibility index (Phi) is 5.15. The van der Waals surface area contributed by atoms with Crippen LogP contribution in [0.15, 0.2) is 69.6 Å². The van der Waals surface area contributed by atoms with Crippen LogP contribution < -0.4 is 4.90 Å². The highest BCUT2D eigenvalue weighted by molar-refractivity contribution is 9.10. The first-order valence-electron chi connectivity index (χ1n) is 9.36. The van der Waals surface area contributed by atoms with Crippen LogP contribution in [0, 0.1) is 6.92 Å². The van der Waals surface area contributed by atoms with Crippen molar-refractivity contribution in [2.24, 2.45) is 0 Å². The van der Waals surface area contributed by atoms with E-state index in [9.17, 15) is 14.7 Å². The molecule has 0 fully saturated rings. The molecule has 0 bridgehead atoms. The molecule has 2 aromatic carbocycles. The summed E-state index contributed by atoms with van der Waals surface area (Å²) in [7, 11) is 0. The van der Waals surface area contributed by atoms with E-state index in [4.69, 9.17) is 4.42 Å². The Morgan fingerprint density at radius 1 is 1.14 bits per heavy atom. The molecule has 4 rings (SSSR count). The number of aryl methyl sites for hydroxylation is 1. The first-order valence-corrected chi connectivity index (χ1v) is 10.2. The van der Waals surface area contributed by atoms with Crippen LogP contribution >= 0.6 is 15.9 Å². The molecule has 1 aliphatic heterocycles. The molecule has 0 aliphatic carbocycles. The summed E-state index contributed by atoms with van der Waals surface area (Å²) in [6.45, 7) is 2.15. The van der Waals surface area contributed by atoms with E-state index in [1.807, 2.05) is 36.4 Å². The smallest absolute Gasteiger partial charge is 0.264 e. The van der Waals surface area contributed by atoms with Gasteiger partial charge in [-0.15, -0.1) is 0 Å². The SMILES string of the molecule is Cc1ccc(C(=O)C[C@]2(O)C(=O)N(CCc3ccccc3)c3ccc(Br)cc32)o1. The molecule has 1 amide bonds. The number of carbonyl (C=O) groups excluding carboxylic acids is 2. The van der Waals surface area contributed by atoms with E-state index in [0.717, 1.165) is 10.0 Å². The molecule has 1 aromatic heterocycles. The fourth-order valence-electron chi connectivity index (χ4n) is 3.71. The summed E-state index contributed by atoms with van der Waals surface area (Å²) in [5.74, 6) is -0.156. The van der Waals surface area contributed by atoms with Crippen molar-refractivity contribution < 1.29 is 19.1 Å². The molecule has 0 saturated heterocycles. The van der Waals surface area contributed by atoms with Gasteiger partial charge in [0.05, 0.1) is 12.1 Å². The predicted octanol–water partition coefficient (Wildman–Crippen LogP) is 4.40. The van der Waals surface area contributed by atoms with Gasteiger partial charge in [-0.25, -0.2) is 0 Å². The third-order valence-corrected chi connectivity index (χ3v) is 5.69. The molecule has 29 heavy (non-hydrogen) atoms. The normalized spacial score (nSPS) is 18.2. The molecular weight excluding hydrogens is 434 g/mol. The third-order valence-electron chi connectivity index (χ3n) is 5.19. The summed E-state index contributed by atoms with van der Waals surface area (Å²) in [5.41, 5.74) is 0.228. The Morgan fingerprint density at radius 2 is 1.90 bits per heavy atom. The van der Waals surface area contributed by atoms with E-state index in [-0.39, 0.29) is 12.2 Å². The zero-order valence-corrected chi connectivity index (χ0v) is 17.5. The molecule has 1 aliphatic rings. The fraction of sp³-hybridized carbons (Fsp3) is 0.217. The number of ketones is 1. The minimum absolute atomic E-state index is 0.142. The van der Waals surface area contributed by atoms with Crippen LogP contribution in [-0.2, 0) is 16.8 Å². The molecule has 0 unspecified atom stereocenters. The molecule has 148 valence electrons. The van der Waals surface area contributed by atoms with Gasteiger partial charge in [-0.3, -0.25) is 9.59 Å². The van der Waals surface area contributed by atoms with Gasteiger partial charge < -0.3 is 14.4 Å². The average Bonchev–Trinajstić information content (AvgIpc) is 3.23. The summed E-state index contributed by atoms with van der Waals surface area (Å²) in [4.78, 5) is 27.5. The Morgan fingerprint density at radius 3 is 2.59 bits per heavy atom. The molecular formula is C23H20BrNO4. The van der Waals surface area contributed by atoms with Crippen LogP contribution in [-0.4, -0.2) is 23.3 Å². The monoisotopic (exact) mass is 453 g/mol. The van der Waals surface area contributed by atoms with Crippen LogP contribution in [0.25, 0.3) is 0 Å². The number of aliphatic hydroxyl groups is 1. The van der Waals surface area contributed by atoms with Gasteiger partial charge in [0.2, 0.25) is 5.78 Å². The maximum Gasteiger partial charge on any atom is 0.264 e. The van der Waals surface area contributed by atoms with Gasteiger partial charge in [0, 0.05) is 16.6 Å². The van der Waals surface area contributed by atoms with E-state index in [1.54, 1.807) is 36.1 Å². The number of hydrogen-bond donors (Lipinski definition) is 1. The maximum absolute atomic E-state index is 13.3. The van der Waals surface area contributed by atoms with Crippen molar-refractivity contribution >= 4 is 33.3 Å². The Hall–Kier alpha value is -2.70. The van der Waals surface area contributed by atoms with Crippen LogP contribution in [0.2, 0.25) is 0 Å². The fourth-order valence-corrected chi connectivity index (χ4v) is 4.07. The number of Topliss-reactive ketones (excluding diaryl/α,β-unsaturated/α-hetero) is 1. The molecule has 2 heterocycles. The summed E-state index contributed by atoms with van der Waals surface area (Å²) in [6, 6.07) is 18.4. The van der Waals surface area contributed by atoms with Crippen molar-refractivity contribution in [3.8, 4) is 0 Å². The van der Waals surface area contributed by atoms with Crippen molar-refractivity contribution in [2.75, 3.05) is 11.4 Å². The molecule has 5 nitrogen and oxygen atoms in total. The maximum atomic E-state index is 13.3. The number of rotatable bonds is 6. The number of halogens is 1. The highest BCUT2D eigenvalue weighted by atomic mass is 79.9. The van der Waals surface area contributed by atoms with Gasteiger partial charge in [0.25, 0.3) is 5.91 Å². The molecule has 1 N–H and O–H groups in total.